The second-order valence-electron chi connectivity index (χ2n) is 4.01. The monoisotopic (exact) mass is 305 g/mol. The Kier molecular flexibility index (Phi) is 4.73. The summed E-state index contributed by atoms with van der Waals surface area (Å²) in [6.07, 6.45) is 3.10. The summed E-state index contributed by atoms with van der Waals surface area (Å²) in [6.45, 7) is 0. The number of hydrogen-bond donors (Lipinski definition) is 2. The van der Waals surface area contributed by atoms with Crippen LogP contribution in [0.5, 0.6) is 0 Å². The number of aromatic nitrogens is 1. The fraction of sp³-hybridized carbons (Fsp3) is 0.0714. The molecular weight excluding hydrogens is 294 g/mol. The zero-order chi connectivity index (χ0) is 15.2. The number of pyridine rings is 1. The van der Waals surface area contributed by atoms with Gasteiger partial charge in [-0.05, 0) is 30.3 Å². The summed E-state index contributed by atoms with van der Waals surface area (Å²) in [4.78, 5) is 27.2. The minimum atomic E-state index is -0.512. The topological polar surface area (TPSA) is 80.3 Å². The Labute approximate surface area is 126 Å². The van der Waals surface area contributed by atoms with Crippen LogP contribution in [0.1, 0.15) is 10.4 Å². The molecular formula is C14H12ClN3O3. The molecule has 1 aromatic carbocycles. The van der Waals surface area contributed by atoms with Crippen LogP contribution in [0.25, 0.3) is 0 Å². The molecule has 2 amide bonds. The fourth-order valence-corrected chi connectivity index (χ4v) is 1.75. The molecule has 0 aliphatic heterocycles. The Morgan fingerprint density at radius 1 is 1.24 bits per heavy atom. The lowest BCUT2D eigenvalue weighted by molar-refractivity contribution is 0.0601. The van der Waals surface area contributed by atoms with Crippen LogP contribution in [0, 0.1) is 0 Å². The Morgan fingerprint density at radius 2 is 2.05 bits per heavy atom. The van der Waals surface area contributed by atoms with Crippen molar-refractivity contribution in [3.8, 4) is 0 Å². The second-order valence-corrected chi connectivity index (χ2v) is 4.41. The van der Waals surface area contributed by atoms with Gasteiger partial charge in [0.05, 0.1) is 35.3 Å². The average molecular weight is 306 g/mol. The quantitative estimate of drug-likeness (QED) is 0.854. The predicted octanol–water partition coefficient (Wildman–Crippen LogP) is 3.17. The maximum absolute atomic E-state index is 11.9. The number of nitrogens with one attached hydrogen (secondary N) is 2. The van der Waals surface area contributed by atoms with Crippen molar-refractivity contribution in [2.24, 2.45) is 0 Å². The third-order valence-electron chi connectivity index (χ3n) is 2.56. The van der Waals surface area contributed by atoms with Crippen molar-refractivity contribution in [1.82, 2.24) is 4.98 Å². The van der Waals surface area contributed by atoms with Crippen molar-refractivity contribution in [3.05, 3.63) is 53.3 Å². The highest BCUT2D eigenvalue weighted by atomic mass is 35.5. The Bertz CT molecular complexity index is 662. The number of hydrogen-bond acceptors (Lipinski definition) is 4. The second kappa shape index (κ2) is 6.71. The molecule has 0 aliphatic carbocycles. The van der Waals surface area contributed by atoms with Gasteiger partial charge in [0.2, 0.25) is 0 Å². The molecule has 2 aromatic rings. The molecule has 0 saturated heterocycles. The average Bonchev–Trinajstić information content (AvgIpc) is 2.49. The van der Waals surface area contributed by atoms with E-state index in [9.17, 15) is 9.59 Å². The van der Waals surface area contributed by atoms with Crippen molar-refractivity contribution >= 4 is 35.0 Å². The number of methoxy groups -OCH3 is 1. The molecule has 0 atom stereocenters. The van der Waals surface area contributed by atoms with E-state index in [-0.39, 0.29) is 0 Å². The number of benzene rings is 1. The number of urea groups is 1. The highest BCUT2D eigenvalue weighted by Gasteiger charge is 2.11. The summed E-state index contributed by atoms with van der Waals surface area (Å²) >= 11 is 5.98. The van der Waals surface area contributed by atoms with E-state index in [2.05, 4.69) is 20.4 Å². The molecule has 0 unspecified atom stereocenters. The maximum atomic E-state index is 11.9. The lowest BCUT2D eigenvalue weighted by atomic mass is 10.2. The van der Waals surface area contributed by atoms with Gasteiger partial charge in [-0.25, -0.2) is 9.59 Å². The molecule has 21 heavy (non-hydrogen) atoms. The summed E-state index contributed by atoms with van der Waals surface area (Å²) in [5.41, 5.74) is 1.13. The number of amides is 2. The van der Waals surface area contributed by atoms with Gasteiger partial charge in [0.25, 0.3) is 0 Å². The van der Waals surface area contributed by atoms with Gasteiger partial charge in [0.15, 0.2) is 0 Å². The first-order valence-electron chi connectivity index (χ1n) is 5.96. The van der Waals surface area contributed by atoms with Gasteiger partial charge in [-0.15, -0.1) is 0 Å². The summed E-state index contributed by atoms with van der Waals surface area (Å²) < 4.78 is 4.61. The number of halogens is 1. The van der Waals surface area contributed by atoms with Crippen LogP contribution < -0.4 is 10.6 Å². The molecule has 1 heterocycles. The first-order valence-corrected chi connectivity index (χ1v) is 6.34. The van der Waals surface area contributed by atoms with Crippen LogP contribution in [-0.2, 0) is 4.74 Å². The number of esters is 1. The molecule has 0 saturated carbocycles. The van der Waals surface area contributed by atoms with Crippen molar-refractivity contribution in [3.63, 3.8) is 0 Å². The van der Waals surface area contributed by atoms with E-state index in [1.807, 2.05) is 0 Å². The Balaban J connectivity index is 2.11. The predicted molar refractivity (Wildman–Crippen MR) is 79.7 cm³/mol. The summed E-state index contributed by atoms with van der Waals surface area (Å²) in [7, 11) is 1.28. The third kappa shape index (κ3) is 3.93. The van der Waals surface area contributed by atoms with E-state index in [1.165, 1.54) is 31.5 Å². The molecule has 0 aliphatic rings. The molecule has 2 N–H and O–H groups in total. The Morgan fingerprint density at radius 3 is 2.71 bits per heavy atom. The summed E-state index contributed by atoms with van der Waals surface area (Å²) in [5, 5.41) is 5.46. The van der Waals surface area contributed by atoms with Gasteiger partial charge in [-0.2, -0.15) is 0 Å². The smallest absolute Gasteiger partial charge is 0.337 e. The van der Waals surface area contributed by atoms with Crippen LogP contribution in [0.2, 0.25) is 5.02 Å². The van der Waals surface area contributed by atoms with Crippen LogP contribution in [0.15, 0.2) is 42.7 Å². The highest BCUT2D eigenvalue weighted by Crippen LogP contribution is 2.23. The van der Waals surface area contributed by atoms with E-state index in [0.29, 0.717) is 22.0 Å². The molecule has 0 spiro atoms. The molecule has 0 bridgehead atoms. The van der Waals surface area contributed by atoms with E-state index in [0.717, 1.165) is 0 Å². The van der Waals surface area contributed by atoms with Crippen molar-refractivity contribution in [2.75, 3.05) is 17.7 Å². The molecule has 2 rings (SSSR count). The normalized spacial score (nSPS) is 9.81. The van der Waals surface area contributed by atoms with Gasteiger partial charge in [-0.1, -0.05) is 11.6 Å². The standard InChI is InChI=1S/C14H12ClN3O3/c1-21-13(19)9-4-5-11(15)12(7-9)18-14(20)17-10-3-2-6-16-8-10/h2-8H,1H3,(H2,17,18,20). The van der Waals surface area contributed by atoms with Crippen LogP contribution in [0.4, 0.5) is 16.2 Å². The zero-order valence-corrected chi connectivity index (χ0v) is 11.8. The van der Waals surface area contributed by atoms with Gasteiger partial charge in [-0.3, -0.25) is 4.98 Å². The van der Waals surface area contributed by atoms with Gasteiger partial charge < -0.3 is 15.4 Å². The lowest BCUT2D eigenvalue weighted by Crippen LogP contribution is -2.20. The van der Waals surface area contributed by atoms with E-state index >= 15 is 0 Å². The molecule has 108 valence electrons. The molecule has 0 fully saturated rings. The largest absolute Gasteiger partial charge is 0.465 e. The minimum Gasteiger partial charge on any atom is -0.465 e. The van der Waals surface area contributed by atoms with E-state index in [4.69, 9.17) is 11.6 Å². The number of rotatable bonds is 3. The zero-order valence-electron chi connectivity index (χ0n) is 11.1. The summed E-state index contributed by atoms with van der Waals surface area (Å²) in [6, 6.07) is 7.36. The van der Waals surface area contributed by atoms with Gasteiger partial charge in [0, 0.05) is 6.20 Å². The highest BCUT2D eigenvalue weighted by molar-refractivity contribution is 6.34. The number of carbonyl (C=O) groups is 2. The number of carbonyl (C=O) groups excluding carboxylic acids is 2. The number of anilines is 2. The van der Waals surface area contributed by atoms with E-state index in [1.54, 1.807) is 18.3 Å². The van der Waals surface area contributed by atoms with Crippen LogP contribution in [-0.4, -0.2) is 24.1 Å². The first-order chi connectivity index (χ1) is 10.1. The molecule has 1 aromatic heterocycles. The van der Waals surface area contributed by atoms with E-state index < -0.39 is 12.0 Å². The summed E-state index contributed by atoms with van der Waals surface area (Å²) in [5.74, 6) is -0.512. The van der Waals surface area contributed by atoms with Crippen molar-refractivity contribution < 1.29 is 14.3 Å². The van der Waals surface area contributed by atoms with Gasteiger partial charge in [0.1, 0.15) is 0 Å². The van der Waals surface area contributed by atoms with Gasteiger partial charge >= 0.3 is 12.0 Å². The molecule has 7 heteroatoms. The third-order valence-corrected chi connectivity index (χ3v) is 2.88. The fourth-order valence-electron chi connectivity index (χ4n) is 1.59. The van der Waals surface area contributed by atoms with Crippen LogP contribution in [0.3, 0.4) is 0 Å². The van der Waals surface area contributed by atoms with Crippen LogP contribution >= 0.6 is 11.6 Å². The lowest BCUT2D eigenvalue weighted by Gasteiger charge is -2.10. The minimum absolute atomic E-state index is 0.290. The van der Waals surface area contributed by atoms with Crippen molar-refractivity contribution in [1.29, 1.82) is 0 Å². The molecule has 6 nitrogen and oxygen atoms in total. The number of nitrogens with zero attached hydrogens (tertiary/aromatic N) is 1. The number of ether oxygens (including phenoxy) is 1. The SMILES string of the molecule is COC(=O)c1ccc(Cl)c(NC(=O)Nc2cccnc2)c1. The maximum Gasteiger partial charge on any atom is 0.337 e. The Hall–Kier alpha value is -2.60. The van der Waals surface area contributed by atoms with Crippen molar-refractivity contribution in [2.45, 2.75) is 0 Å². The molecule has 0 radical (unpaired) electrons. The first kappa shape index (κ1) is 14.8.